The SMILES string of the molecule is O=C(O)C1CCNC(c2cccn3nncc23)C1. The van der Waals surface area contributed by atoms with Crippen LogP contribution in [0.2, 0.25) is 0 Å². The molecule has 0 aromatic carbocycles. The van der Waals surface area contributed by atoms with Crippen molar-refractivity contribution >= 4 is 11.5 Å². The van der Waals surface area contributed by atoms with E-state index in [2.05, 4.69) is 15.6 Å². The van der Waals surface area contributed by atoms with Gasteiger partial charge in [-0.15, -0.1) is 5.10 Å². The summed E-state index contributed by atoms with van der Waals surface area (Å²) < 4.78 is 1.71. The van der Waals surface area contributed by atoms with Crippen LogP contribution in [0.5, 0.6) is 0 Å². The predicted molar refractivity (Wildman–Crippen MR) is 64.1 cm³/mol. The molecule has 0 bridgehead atoms. The van der Waals surface area contributed by atoms with Crippen LogP contribution >= 0.6 is 0 Å². The second kappa shape index (κ2) is 4.38. The number of carboxylic acids is 1. The van der Waals surface area contributed by atoms with Gasteiger partial charge < -0.3 is 10.4 Å². The summed E-state index contributed by atoms with van der Waals surface area (Å²) in [4.78, 5) is 11.1. The van der Waals surface area contributed by atoms with Gasteiger partial charge in [-0.05, 0) is 31.0 Å². The number of fused-ring (bicyclic) bond motifs is 1. The van der Waals surface area contributed by atoms with Gasteiger partial charge in [0, 0.05) is 12.2 Å². The quantitative estimate of drug-likeness (QED) is 0.821. The molecule has 94 valence electrons. The van der Waals surface area contributed by atoms with Crippen molar-refractivity contribution in [1.29, 1.82) is 0 Å². The lowest BCUT2D eigenvalue weighted by molar-refractivity contribution is -0.143. The third-order valence-corrected chi connectivity index (χ3v) is 3.50. The zero-order chi connectivity index (χ0) is 12.5. The van der Waals surface area contributed by atoms with Crippen molar-refractivity contribution in [2.75, 3.05) is 6.54 Å². The molecular formula is C12H14N4O2. The van der Waals surface area contributed by atoms with Crippen LogP contribution in [0.25, 0.3) is 5.52 Å². The standard InChI is InChI=1S/C12H14N4O2/c17-12(18)8-3-4-13-10(6-8)9-2-1-5-16-11(9)7-14-15-16/h1-2,5,7-8,10,13H,3-4,6H2,(H,17,18). The first kappa shape index (κ1) is 11.2. The Bertz CT molecular complexity index is 580. The minimum absolute atomic E-state index is 0.0575. The van der Waals surface area contributed by atoms with Gasteiger partial charge in [0.15, 0.2) is 0 Å². The lowest BCUT2D eigenvalue weighted by Gasteiger charge is -2.28. The second-order valence-electron chi connectivity index (χ2n) is 4.59. The zero-order valence-electron chi connectivity index (χ0n) is 9.78. The average molecular weight is 246 g/mol. The molecule has 18 heavy (non-hydrogen) atoms. The fourth-order valence-electron chi connectivity index (χ4n) is 2.55. The van der Waals surface area contributed by atoms with E-state index in [4.69, 9.17) is 5.11 Å². The van der Waals surface area contributed by atoms with E-state index in [0.717, 1.165) is 17.6 Å². The summed E-state index contributed by atoms with van der Waals surface area (Å²) in [6, 6.07) is 3.96. The van der Waals surface area contributed by atoms with Gasteiger partial charge in [0.25, 0.3) is 0 Å². The van der Waals surface area contributed by atoms with Crippen LogP contribution in [0.4, 0.5) is 0 Å². The minimum Gasteiger partial charge on any atom is -0.481 e. The minimum atomic E-state index is -0.708. The number of aromatic nitrogens is 3. The van der Waals surface area contributed by atoms with Crippen molar-refractivity contribution in [1.82, 2.24) is 20.1 Å². The number of aliphatic carboxylic acids is 1. The van der Waals surface area contributed by atoms with E-state index in [1.807, 2.05) is 18.3 Å². The smallest absolute Gasteiger partial charge is 0.306 e. The molecule has 0 saturated carbocycles. The van der Waals surface area contributed by atoms with E-state index < -0.39 is 5.97 Å². The van der Waals surface area contributed by atoms with E-state index in [1.165, 1.54) is 0 Å². The molecule has 6 nitrogen and oxygen atoms in total. The van der Waals surface area contributed by atoms with Gasteiger partial charge in [0.2, 0.25) is 0 Å². The highest BCUT2D eigenvalue weighted by Gasteiger charge is 2.28. The van der Waals surface area contributed by atoms with Gasteiger partial charge in [-0.1, -0.05) is 11.3 Å². The highest BCUT2D eigenvalue weighted by Crippen LogP contribution is 2.29. The fourth-order valence-corrected chi connectivity index (χ4v) is 2.55. The Morgan fingerprint density at radius 2 is 2.44 bits per heavy atom. The summed E-state index contributed by atoms with van der Waals surface area (Å²) in [5, 5.41) is 20.3. The van der Waals surface area contributed by atoms with E-state index in [1.54, 1.807) is 10.7 Å². The monoisotopic (exact) mass is 246 g/mol. The molecule has 0 aliphatic carbocycles. The number of rotatable bonds is 2. The lowest BCUT2D eigenvalue weighted by atomic mass is 9.89. The molecule has 1 aliphatic heterocycles. The highest BCUT2D eigenvalue weighted by molar-refractivity contribution is 5.70. The lowest BCUT2D eigenvalue weighted by Crippen LogP contribution is -2.35. The Balaban J connectivity index is 1.94. The van der Waals surface area contributed by atoms with Crippen LogP contribution < -0.4 is 5.32 Å². The number of nitrogens with one attached hydrogen (secondary N) is 1. The first-order valence-electron chi connectivity index (χ1n) is 6.01. The molecule has 2 N–H and O–H groups in total. The normalized spacial score (nSPS) is 24.2. The van der Waals surface area contributed by atoms with Crippen LogP contribution in [0.3, 0.4) is 0 Å². The van der Waals surface area contributed by atoms with Gasteiger partial charge in [-0.2, -0.15) is 0 Å². The number of piperidine rings is 1. The molecule has 1 saturated heterocycles. The Kier molecular flexibility index (Phi) is 2.71. The summed E-state index contributed by atoms with van der Waals surface area (Å²) in [5.74, 6) is -0.979. The maximum Gasteiger partial charge on any atom is 0.306 e. The third kappa shape index (κ3) is 1.84. The summed E-state index contributed by atoms with van der Waals surface area (Å²) >= 11 is 0. The van der Waals surface area contributed by atoms with Gasteiger partial charge in [0.05, 0.1) is 17.6 Å². The maximum absolute atomic E-state index is 11.1. The fraction of sp³-hybridized carbons (Fsp3) is 0.417. The topological polar surface area (TPSA) is 79.5 Å². The van der Waals surface area contributed by atoms with Gasteiger partial charge in [-0.25, -0.2) is 4.52 Å². The molecule has 0 spiro atoms. The molecule has 2 atom stereocenters. The molecule has 3 rings (SSSR count). The van der Waals surface area contributed by atoms with E-state index >= 15 is 0 Å². The number of carboxylic acid groups (broad SMARTS) is 1. The van der Waals surface area contributed by atoms with Crippen molar-refractivity contribution in [3.63, 3.8) is 0 Å². The van der Waals surface area contributed by atoms with Crippen molar-refractivity contribution in [2.24, 2.45) is 5.92 Å². The Labute approximate surface area is 104 Å². The molecule has 0 radical (unpaired) electrons. The van der Waals surface area contributed by atoms with Crippen molar-refractivity contribution in [3.8, 4) is 0 Å². The highest BCUT2D eigenvalue weighted by atomic mass is 16.4. The number of nitrogens with zero attached hydrogens (tertiary/aromatic N) is 3. The summed E-state index contributed by atoms with van der Waals surface area (Å²) in [6.45, 7) is 0.726. The molecule has 0 amide bonds. The largest absolute Gasteiger partial charge is 0.481 e. The van der Waals surface area contributed by atoms with Crippen LogP contribution in [0.15, 0.2) is 24.5 Å². The van der Waals surface area contributed by atoms with Crippen LogP contribution in [0.1, 0.15) is 24.4 Å². The maximum atomic E-state index is 11.1. The second-order valence-corrected chi connectivity index (χ2v) is 4.59. The first-order valence-corrected chi connectivity index (χ1v) is 6.01. The molecule has 3 heterocycles. The van der Waals surface area contributed by atoms with Crippen LogP contribution in [-0.2, 0) is 4.79 Å². The van der Waals surface area contributed by atoms with Crippen LogP contribution in [0, 0.1) is 5.92 Å². The molecule has 1 aliphatic rings. The summed E-state index contributed by atoms with van der Waals surface area (Å²) in [7, 11) is 0. The van der Waals surface area contributed by atoms with Crippen LogP contribution in [-0.4, -0.2) is 32.4 Å². The van der Waals surface area contributed by atoms with E-state index in [0.29, 0.717) is 12.8 Å². The number of carbonyl (C=O) groups is 1. The molecule has 1 fully saturated rings. The van der Waals surface area contributed by atoms with Gasteiger partial charge in [0.1, 0.15) is 0 Å². The van der Waals surface area contributed by atoms with Crippen molar-refractivity contribution < 1.29 is 9.90 Å². The molecule has 2 unspecified atom stereocenters. The number of hydrogen-bond acceptors (Lipinski definition) is 4. The summed E-state index contributed by atoms with van der Waals surface area (Å²) in [5.41, 5.74) is 1.99. The zero-order valence-corrected chi connectivity index (χ0v) is 9.78. The molecule has 2 aromatic heterocycles. The molecular weight excluding hydrogens is 232 g/mol. The summed E-state index contributed by atoms with van der Waals surface area (Å²) in [6.07, 6.45) is 4.84. The van der Waals surface area contributed by atoms with E-state index in [-0.39, 0.29) is 12.0 Å². The Morgan fingerprint density at radius 1 is 1.56 bits per heavy atom. The van der Waals surface area contributed by atoms with Gasteiger partial charge >= 0.3 is 5.97 Å². The number of hydrogen-bond donors (Lipinski definition) is 2. The first-order chi connectivity index (χ1) is 8.75. The predicted octanol–water partition coefficient (Wildman–Crippen LogP) is 0.855. The number of pyridine rings is 1. The van der Waals surface area contributed by atoms with Crippen molar-refractivity contribution in [2.45, 2.75) is 18.9 Å². The molecule has 2 aromatic rings. The van der Waals surface area contributed by atoms with Crippen molar-refractivity contribution in [3.05, 3.63) is 30.1 Å². The average Bonchev–Trinajstić information content (AvgIpc) is 2.87. The molecule has 6 heteroatoms. The Morgan fingerprint density at radius 3 is 3.28 bits per heavy atom. The van der Waals surface area contributed by atoms with Gasteiger partial charge in [-0.3, -0.25) is 4.79 Å². The Hall–Kier alpha value is -1.95. The third-order valence-electron chi connectivity index (χ3n) is 3.50. The van der Waals surface area contributed by atoms with E-state index in [9.17, 15) is 4.79 Å².